The number of hydrogen-bond donors (Lipinski definition) is 2. The van der Waals surface area contributed by atoms with Gasteiger partial charge in [0.2, 0.25) is 0 Å². The Morgan fingerprint density at radius 2 is 1.89 bits per heavy atom. The highest BCUT2D eigenvalue weighted by Crippen LogP contribution is 2.31. The van der Waals surface area contributed by atoms with Crippen molar-refractivity contribution >= 4 is 0 Å². The number of rotatable bonds is 4. The van der Waals surface area contributed by atoms with Crippen LogP contribution in [0.3, 0.4) is 0 Å². The zero-order valence-corrected chi connectivity index (χ0v) is 16.1. The average molecular weight is 375 g/mol. The molecule has 2 heterocycles. The lowest BCUT2D eigenvalue weighted by molar-refractivity contribution is 0.205. The van der Waals surface area contributed by atoms with Gasteiger partial charge in [-0.15, -0.1) is 0 Å². The van der Waals surface area contributed by atoms with Gasteiger partial charge in [0, 0.05) is 23.9 Å². The smallest absolute Gasteiger partial charge is 0.251 e. The van der Waals surface area contributed by atoms with Crippen LogP contribution in [-0.2, 0) is 6.54 Å². The number of aromatic nitrogens is 2. The third kappa shape index (κ3) is 4.15. The fourth-order valence-corrected chi connectivity index (χ4v) is 4.04. The van der Waals surface area contributed by atoms with Crippen molar-refractivity contribution in [2.75, 3.05) is 13.1 Å². The molecule has 4 rings (SSSR count). The quantitative estimate of drug-likeness (QED) is 0.727. The Labute approximate surface area is 164 Å². The van der Waals surface area contributed by atoms with Crippen LogP contribution in [-0.4, -0.2) is 33.1 Å². The number of nitrogens with zero attached hydrogens (tertiary/aromatic N) is 2. The number of likely N-dealkylation sites (tertiary alicyclic amines) is 1. The number of hydrogen-bond acceptors (Lipinski definition) is 4. The number of H-pyrrole nitrogens is 1. The summed E-state index contributed by atoms with van der Waals surface area (Å²) in [7, 11) is 0. The first-order valence-electron chi connectivity index (χ1n) is 9.76. The van der Waals surface area contributed by atoms with Gasteiger partial charge < -0.3 is 10.1 Å². The molecule has 0 atom stereocenters. The minimum absolute atomic E-state index is 0.121. The van der Waals surface area contributed by atoms with Crippen molar-refractivity contribution in [3.63, 3.8) is 0 Å². The molecule has 5 heteroatoms. The summed E-state index contributed by atoms with van der Waals surface area (Å²) in [5.41, 5.74) is 3.98. The maximum absolute atomic E-state index is 11.9. The van der Waals surface area contributed by atoms with Crippen LogP contribution in [0.25, 0.3) is 11.4 Å². The van der Waals surface area contributed by atoms with E-state index in [4.69, 9.17) is 0 Å². The number of benzene rings is 2. The van der Waals surface area contributed by atoms with E-state index in [9.17, 15) is 9.90 Å². The van der Waals surface area contributed by atoms with Gasteiger partial charge in [0.1, 0.15) is 11.6 Å². The maximum atomic E-state index is 11.9. The van der Waals surface area contributed by atoms with Gasteiger partial charge in [0.25, 0.3) is 5.56 Å². The molecule has 2 N–H and O–H groups in total. The van der Waals surface area contributed by atoms with Gasteiger partial charge in [-0.3, -0.25) is 9.69 Å². The van der Waals surface area contributed by atoms with Crippen molar-refractivity contribution in [2.24, 2.45) is 0 Å². The molecule has 0 aliphatic carbocycles. The fourth-order valence-electron chi connectivity index (χ4n) is 4.04. The summed E-state index contributed by atoms with van der Waals surface area (Å²) in [5.74, 6) is 1.47. The van der Waals surface area contributed by atoms with Gasteiger partial charge >= 0.3 is 0 Å². The van der Waals surface area contributed by atoms with Crippen LogP contribution in [0.4, 0.5) is 0 Å². The van der Waals surface area contributed by atoms with Gasteiger partial charge in [0.05, 0.1) is 0 Å². The van der Waals surface area contributed by atoms with Crippen LogP contribution < -0.4 is 5.56 Å². The molecule has 0 unspecified atom stereocenters. The molecule has 0 spiro atoms. The molecule has 2 aromatic carbocycles. The molecule has 5 nitrogen and oxygen atoms in total. The first-order valence-corrected chi connectivity index (χ1v) is 9.76. The molecule has 1 saturated heterocycles. The van der Waals surface area contributed by atoms with Crippen LogP contribution in [0, 0.1) is 6.92 Å². The maximum Gasteiger partial charge on any atom is 0.251 e. The Hall–Kier alpha value is -2.92. The summed E-state index contributed by atoms with van der Waals surface area (Å²) in [5, 5.41) is 9.73. The second-order valence-corrected chi connectivity index (χ2v) is 7.54. The number of nitrogens with one attached hydrogen (secondary N) is 1. The first kappa shape index (κ1) is 18.4. The topological polar surface area (TPSA) is 69.2 Å². The largest absolute Gasteiger partial charge is 0.508 e. The molecule has 1 aliphatic heterocycles. The van der Waals surface area contributed by atoms with E-state index < -0.39 is 0 Å². The van der Waals surface area contributed by atoms with Crippen LogP contribution >= 0.6 is 0 Å². The van der Waals surface area contributed by atoms with Crippen molar-refractivity contribution in [1.82, 2.24) is 14.9 Å². The summed E-state index contributed by atoms with van der Waals surface area (Å²) in [6.07, 6.45) is 2.15. The molecule has 144 valence electrons. The molecule has 28 heavy (non-hydrogen) atoms. The zero-order valence-electron chi connectivity index (χ0n) is 16.1. The number of aromatic hydroxyl groups is 1. The van der Waals surface area contributed by atoms with Crippen molar-refractivity contribution in [1.29, 1.82) is 0 Å². The molecule has 1 fully saturated rings. The lowest BCUT2D eigenvalue weighted by atomic mass is 9.89. The second kappa shape index (κ2) is 7.98. The summed E-state index contributed by atoms with van der Waals surface area (Å²) >= 11 is 0. The summed E-state index contributed by atoms with van der Waals surface area (Å²) in [6.45, 7) is 4.69. The van der Waals surface area contributed by atoms with Gasteiger partial charge in [-0.25, -0.2) is 4.98 Å². The summed E-state index contributed by atoms with van der Waals surface area (Å²) in [4.78, 5) is 21.7. The molecule has 0 bridgehead atoms. The molecular formula is C23H25N3O2. The SMILES string of the molecule is Cc1cc(=O)[nH]c(-c2ccccc2CN2CCC(c3cccc(O)c3)CC2)n1. The van der Waals surface area contributed by atoms with Gasteiger partial charge in [-0.1, -0.05) is 36.4 Å². The fraction of sp³-hybridized carbons (Fsp3) is 0.304. The van der Waals surface area contributed by atoms with Crippen molar-refractivity contribution in [3.8, 4) is 17.1 Å². The van der Waals surface area contributed by atoms with E-state index in [1.807, 2.05) is 37.3 Å². The predicted molar refractivity (Wildman–Crippen MR) is 110 cm³/mol. The highest BCUT2D eigenvalue weighted by Gasteiger charge is 2.22. The Bertz CT molecular complexity index is 1020. The van der Waals surface area contributed by atoms with E-state index in [0.29, 0.717) is 17.5 Å². The van der Waals surface area contributed by atoms with E-state index in [-0.39, 0.29) is 5.56 Å². The highest BCUT2D eigenvalue weighted by molar-refractivity contribution is 5.60. The van der Waals surface area contributed by atoms with E-state index in [1.165, 1.54) is 17.2 Å². The molecule has 0 radical (unpaired) electrons. The van der Waals surface area contributed by atoms with E-state index >= 15 is 0 Å². The van der Waals surface area contributed by atoms with Crippen LogP contribution in [0.5, 0.6) is 5.75 Å². The number of piperidine rings is 1. The minimum atomic E-state index is -0.121. The van der Waals surface area contributed by atoms with Gasteiger partial charge in [0.15, 0.2) is 0 Å². The Balaban J connectivity index is 1.48. The Morgan fingerprint density at radius 1 is 1.11 bits per heavy atom. The Kier molecular flexibility index (Phi) is 5.26. The first-order chi connectivity index (χ1) is 13.6. The van der Waals surface area contributed by atoms with E-state index in [1.54, 1.807) is 6.07 Å². The van der Waals surface area contributed by atoms with Gasteiger partial charge in [-0.2, -0.15) is 0 Å². The Morgan fingerprint density at radius 3 is 2.64 bits per heavy atom. The normalized spacial score (nSPS) is 15.6. The van der Waals surface area contributed by atoms with Crippen molar-refractivity contribution < 1.29 is 5.11 Å². The van der Waals surface area contributed by atoms with Crippen LogP contribution in [0.15, 0.2) is 59.4 Å². The number of phenolic OH excluding ortho intramolecular Hbond substituents is 1. The average Bonchev–Trinajstić information content (AvgIpc) is 2.68. The summed E-state index contributed by atoms with van der Waals surface area (Å²) < 4.78 is 0. The predicted octanol–water partition coefficient (Wildman–Crippen LogP) is 3.83. The molecule has 1 aromatic heterocycles. The molecule has 0 amide bonds. The third-order valence-electron chi connectivity index (χ3n) is 5.47. The standard InChI is InChI=1S/C23H25N3O2/c1-16-13-22(28)25-23(24-16)21-8-3-2-5-19(21)15-26-11-9-17(10-12-26)18-6-4-7-20(27)14-18/h2-8,13-14,17,27H,9-12,15H2,1H3,(H,24,25,28). The molecule has 0 saturated carbocycles. The number of aromatic amines is 1. The number of aryl methyl sites for hydroxylation is 1. The lowest BCUT2D eigenvalue weighted by Gasteiger charge is -2.32. The molecule has 1 aliphatic rings. The lowest BCUT2D eigenvalue weighted by Crippen LogP contribution is -2.32. The zero-order chi connectivity index (χ0) is 19.5. The summed E-state index contributed by atoms with van der Waals surface area (Å²) in [6, 6.07) is 17.3. The van der Waals surface area contributed by atoms with E-state index in [2.05, 4.69) is 27.0 Å². The van der Waals surface area contributed by atoms with Gasteiger partial charge in [-0.05, 0) is 62.0 Å². The highest BCUT2D eigenvalue weighted by atomic mass is 16.3. The molecule has 3 aromatic rings. The monoisotopic (exact) mass is 375 g/mol. The third-order valence-corrected chi connectivity index (χ3v) is 5.47. The molecular weight excluding hydrogens is 350 g/mol. The van der Waals surface area contributed by atoms with E-state index in [0.717, 1.165) is 43.7 Å². The van der Waals surface area contributed by atoms with Crippen molar-refractivity contribution in [3.05, 3.63) is 81.8 Å². The van der Waals surface area contributed by atoms with Crippen molar-refractivity contribution in [2.45, 2.75) is 32.2 Å². The number of phenols is 1. The minimum Gasteiger partial charge on any atom is -0.508 e. The second-order valence-electron chi connectivity index (χ2n) is 7.54. The van der Waals surface area contributed by atoms with Crippen LogP contribution in [0.2, 0.25) is 0 Å². The van der Waals surface area contributed by atoms with Crippen LogP contribution in [0.1, 0.15) is 35.6 Å².